The van der Waals surface area contributed by atoms with Crippen molar-refractivity contribution in [2.75, 3.05) is 13.1 Å². The zero-order chi connectivity index (χ0) is 24.2. The summed E-state index contributed by atoms with van der Waals surface area (Å²) in [6.07, 6.45) is 0.0383. The summed E-state index contributed by atoms with van der Waals surface area (Å²) in [5.41, 5.74) is 3.58. The van der Waals surface area contributed by atoms with Crippen LogP contribution in [0, 0.1) is 36.5 Å². The van der Waals surface area contributed by atoms with E-state index in [4.69, 9.17) is 10.5 Å². The van der Waals surface area contributed by atoms with Crippen molar-refractivity contribution in [2.45, 2.75) is 31.6 Å². The monoisotopic (exact) mass is 481 g/mol. The molecular formula is C23H23N5O3S2. The minimum atomic E-state index is -3.89. The van der Waals surface area contributed by atoms with E-state index in [1.165, 1.54) is 35.6 Å². The molecule has 3 aromatic rings. The van der Waals surface area contributed by atoms with Crippen LogP contribution in [-0.4, -0.2) is 36.3 Å². The number of nitriles is 2. The number of carbonyl (C=O) groups is 1. The summed E-state index contributed by atoms with van der Waals surface area (Å²) in [5.74, 6) is -0.471. The Bertz CT molecular complexity index is 1440. The Hall–Kier alpha value is -3.31. The maximum Gasteiger partial charge on any atom is 0.279 e. The SMILES string of the molecule is Cc1ccc2sc(=NC(=O)c3ccc(S(=O)(=O)N(CCC#N)CCC#N)cc3)n(C)c2c1C. The molecule has 0 bridgehead atoms. The summed E-state index contributed by atoms with van der Waals surface area (Å²) in [6.45, 7) is 4.06. The van der Waals surface area contributed by atoms with Crippen molar-refractivity contribution in [3.63, 3.8) is 0 Å². The van der Waals surface area contributed by atoms with Gasteiger partial charge in [0, 0.05) is 38.5 Å². The van der Waals surface area contributed by atoms with Gasteiger partial charge >= 0.3 is 0 Å². The second kappa shape index (κ2) is 10.1. The molecule has 2 aromatic carbocycles. The Morgan fingerprint density at radius 1 is 1.06 bits per heavy atom. The first-order valence-electron chi connectivity index (χ1n) is 10.2. The molecule has 0 aliphatic rings. The Balaban J connectivity index is 1.91. The lowest BCUT2D eigenvalue weighted by molar-refractivity contribution is 0.0998. The van der Waals surface area contributed by atoms with Crippen molar-refractivity contribution in [2.24, 2.45) is 12.0 Å². The van der Waals surface area contributed by atoms with Crippen LogP contribution in [0.1, 0.15) is 34.3 Å². The largest absolute Gasteiger partial charge is 0.319 e. The first kappa shape index (κ1) is 24.3. The van der Waals surface area contributed by atoms with Gasteiger partial charge in [-0.05, 0) is 55.3 Å². The fraction of sp³-hybridized carbons (Fsp3) is 0.304. The van der Waals surface area contributed by atoms with Gasteiger partial charge in [0.2, 0.25) is 10.0 Å². The van der Waals surface area contributed by atoms with E-state index < -0.39 is 15.9 Å². The predicted octanol–water partition coefficient (Wildman–Crippen LogP) is 3.42. The highest BCUT2D eigenvalue weighted by Crippen LogP contribution is 2.23. The molecule has 33 heavy (non-hydrogen) atoms. The minimum Gasteiger partial charge on any atom is -0.319 e. The molecule has 1 aromatic heterocycles. The molecule has 0 aliphatic heterocycles. The number of aryl methyl sites for hydroxylation is 3. The average molecular weight is 482 g/mol. The first-order valence-corrected chi connectivity index (χ1v) is 12.4. The van der Waals surface area contributed by atoms with Crippen molar-refractivity contribution in [1.29, 1.82) is 10.5 Å². The quantitative estimate of drug-likeness (QED) is 0.512. The van der Waals surface area contributed by atoms with Crippen LogP contribution in [0.4, 0.5) is 0 Å². The highest BCUT2D eigenvalue weighted by atomic mass is 32.2. The second-order valence-electron chi connectivity index (χ2n) is 7.46. The number of nitrogens with zero attached hydrogens (tertiary/aromatic N) is 5. The topological polar surface area (TPSA) is 119 Å². The molecule has 1 amide bonds. The smallest absolute Gasteiger partial charge is 0.279 e. The van der Waals surface area contributed by atoms with E-state index in [0.29, 0.717) is 4.80 Å². The molecule has 0 atom stereocenters. The molecule has 10 heteroatoms. The normalized spacial score (nSPS) is 12.1. The molecule has 3 rings (SSSR count). The van der Waals surface area contributed by atoms with E-state index in [-0.39, 0.29) is 36.4 Å². The van der Waals surface area contributed by atoms with Crippen molar-refractivity contribution in [1.82, 2.24) is 8.87 Å². The minimum absolute atomic E-state index is 0.00213. The van der Waals surface area contributed by atoms with Gasteiger partial charge in [0.05, 0.1) is 27.3 Å². The maximum atomic E-state index is 12.9. The van der Waals surface area contributed by atoms with Crippen LogP contribution in [0.15, 0.2) is 46.3 Å². The van der Waals surface area contributed by atoms with Crippen molar-refractivity contribution in [3.05, 3.63) is 57.9 Å². The fourth-order valence-corrected chi connectivity index (χ4v) is 5.92. The molecule has 0 saturated heterocycles. The van der Waals surface area contributed by atoms with E-state index in [2.05, 4.69) is 4.99 Å². The molecule has 1 heterocycles. The molecule has 0 N–H and O–H groups in total. The molecule has 0 aliphatic carbocycles. The Labute approximate surface area is 196 Å². The standard InChI is InChI=1S/C23H23N5O3S2/c1-16-6-11-20-21(17(16)2)27(3)23(32-20)26-22(29)18-7-9-19(10-8-18)33(30,31)28(14-4-12-24)15-5-13-25/h6-11H,4-5,14-15H2,1-3H3. The molecule has 8 nitrogen and oxygen atoms in total. The lowest BCUT2D eigenvalue weighted by Gasteiger charge is -2.20. The number of hydrogen-bond acceptors (Lipinski definition) is 6. The van der Waals surface area contributed by atoms with E-state index in [0.717, 1.165) is 25.6 Å². The second-order valence-corrected chi connectivity index (χ2v) is 10.4. The Kier molecular flexibility index (Phi) is 7.44. The predicted molar refractivity (Wildman–Crippen MR) is 126 cm³/mol. The van der Waals surface area contributed by atoms with E-state index in [9.17, 15) is 13.2 Å². The summed E-state index contributed by atoms with van der Waals surface area (Å²) in [5, 5.41) is 17.6. The lowest BCUT2D eigenvalue weighted by Crippen LogP contribution is -2.32. The van der Waals surface area contributed by atoms with Crippen LogP contribution >= 0.6 is 11.3 Å². The highest BCUT2D eigenvalue weighted by Gasteiger charge is 2.24. The number of amides is 1. The number of aromatic nitrogens is 1. The summed E-state index contributed by atoms with van der Waals surface area (Å²) in [6, 6.07) is 13.4. The number of carbonyl (C=O) groups excluding carboxylic acids is 1. The van der Waals surface area contributed by atoms with Crippen molar-refractivity contribution in [3.8, 4) is 12.1 Å². The van der Waals surface area contributed by atoms with Gasteiger partial charge in [-0.2, -0.15) is 19.8 Å². The summed E-state index contributed by atoms with van der Waals surface area (Å²) in [4.78, 5) is 17.6. The van der Waals surface area contributed by atoms with Gasteiger partial charge in [-0.3, -0.25) is 4.79 Å². The Morgan fingerprint density at radius 2 is 1.67 bits per heavy atom. The van der Waals surface area contributed by atoms with E-state index in [1.54, 1.807) is 0 Å². The fourth-order valence-electron chi connectivity index (χ4n) is 3.41. The van der Waals surface area contributed by atoms with Gasteiger partial charge in [-0.25, -0.2) is 8.42 Å². The van der Waals surface area contributed by atoms with Crippen LogP contribution < -0.4 is 4.80 Å². The zero-order valence-electron chi connectivity index (χ0n) is 18.6. The van der Waals surface area contributed by atoms with Gasteiger partial charge in [0.25, 0.3) is 5.91 Å². The van der Waals surface area contributed by atoms with Crippen LogP contribution in [0.25, 0.3) is 10.2 Å². The summed E-state index contributed by atoms with van der Waals surface area (Å²) in [7, 11) is -2.03. The molecule has 0 saturated carbocycles. The number of thiazole rings is 1. The number of benzene rings is 2. The van der Waals surface area contributed by atoms with E-state index in [1.807, 2.05) is 49.7 Å². The number of fused-ring (bicyclic) bond motifs is 1. The number of sulfonamides is 1. The summed E-state index contributed by atoms with van der Waals surface area (Å²) < 4.78 is 29.9. The first-order chi connectivity index (χ1) is 15.7. The average Bonchev–Trinajstić information content (AvgIpc) is 3.12. The maximum absolute atomic E-state index is 12.9. The molecule has 0 unspecified atom stereocenters. The van der Waals surface area contributed by atoms with Crippen molar-refractivity contribution < 1.29 is 13.2 Å². The van der Waals surface area contributed by atoms with Gasteiger partial charge in [0.15, 0.2) is 4.80 Å². The van der Waals surface area contributed by atoms with Gasteiger partial charge in [-0.15, -0.1) is 0 Å². The third-order valence-electron chi connectivity index (χ3n) is 5.37. The molecular weight excluding hydrogens is 458 g/mol. The Morgan fingerprint density at radius 3 is 2.24 bits per heavy atom. The zero-order valence-corrected chi connectivity index (χ0v) is 20.2. The molecule has 170 valence electrons. The van der Waals surface area contributed by atoms with Gasteiger partial charge in [0.1, 0.15) is 0 Å². The highest BCUT2D eigenvalue weighted by molar-refractivity contribution is 7.89. The third kappa shape index (κ3) is 5.04. The van der Waals surface area contributed by atoms with Gasteiger partial charge in [-0.1, -0.05) is 17.4 Å². The van der Waals surface area contributed by atoms with Crippen LogP contribution in [0.5, 0.6) is 0 Å². The van der Waals surface area contributed by atoms with E-state index >= 15 is 0 Å². The third-order valence-corrected chi connectivity index (χ3v) is 8.38. The van der Waals surface area contributed by atoms with Crippen molar-refractivity contribution >= 4 is 37.5 Å². The lowest BCUT2D eigenvalue weighted by atomic mass is 10.1. The number of hydrogen-bond donors (Lipinski definition) is 0. The van der Waals surface area contributed by atoms with Gasteiger partial charge < -0.3 is 4.57 Å². The van der Waals surface area contributed by atoms with Crippen LogP contribution in [-0.2, 0) is 17.1 Å². The summed E-state index contributed by atoms with van der Waals surface area (Å²) >= 11 is 1.42. The molecule has 0 spiro atoms. The number of rotatable bonds is 7. The molecule has 0 fully saturated rings. The van der Waals surface area contributed by atoms with Crippen LogP contribution in [0.3, 0.4) is 0 Å². The molecule has 0 radical (unpaired) electrons. The van der Waals surface area contributed by atoms with Crippen LogP contribution in [0.2, 0.25) is 0 Å².